The smallest absolute Gasteiger partial charge is 0.217 e. The fourth-order valence-corrected chi connectivity index (χ4v) is 0.880. The van der Waals surface area contributed by atoms with Gasteiger partial charge in [-0.1, -0.05) is 6.92 Å². The molecule has 0 unspecified atom stereocenters. The minimum Gasteiger partial charge on any atom is -0.326 e. The van der Waals surface area contributed by atoms with Gasteiger partial charge >= 0.3 is 0 Å². The van der Waals surface area contributed by atoms with Crippen LogP contribution in [0, 0.1) is 5.95 Å². The van der Waals surface area contributed by atoms with Crippen molar-refractivity contribution in [1.82, 2.24) is 4.98 Å². The topological polar surface area (TPSA) is 38.9 Å². The third-order valence-corrected chi connectivity index (χ3v) is 1.60. The van der Waals surface area contributed by atoms with Gasteiger partial charge in [0.05, 0.1) is 0 Å². The highest BCUT2D eigenvalue weighted by Crippen LogP contribution is 2.06. The molecule has 12 heavy (non-hydrogen) atoms. The zero-order valence-electron chi connectivity index (χ0n) is 6.88. The van der Waals surface area contributed by atoms with Crippen molar-refractivity contribution in [3.8, 4) is 0 Å². The van der Waals surface area contributed by atoms with E-state index in [1.165, 1.54) is 6.20 Å². The summed E-state index contributed by atoms with van der Waals surface area (Å²) < 4.78 is 12.7. The number of nitrogens with two attached hydrogens (primary N) is 1. The molecule has 1 aromatic rings. The van der Waals surface area contributed by atoms with Crippen LogP contribution >= 0.6 is 12.4 Å². The highest BCUT2D eigenvalue weighted by atomic mass is 35.5. The number of hydrogen-bond donors (Lipinski definition) is 1. The monoisotopic (exact) mass is 190 g/mol. The Morgan fingerprint density at radius 2 is 2.25 bits per heavy atom. The molecule has 0 amide bonds. The Kier molecular flexibility index (Phi) is 4.78. The van der Waals surface area contributed by atoms with Crippen LogP contribution in [0.2, 0.25) is 0 Å². The van der Waals surface area contributed by atoms with Crippen molar-refractivity contribution in [2.45, 2.75) is 19.9 Å². The summed E-state index contributed by atoms with van der Waals surface area (Å²) in [5, 5.41) is 0. The second-order valence-electron chi connectivity index (χ2n) is 2.35. The number of aromatic nitrogens is 1. The lowest BCUT2D eigenvalue weighted by molar-refractivity contribution is 0.565. The Labute approximate surface area is 77.4 Å². The van der Waals surface area contributed by atoms with Gasteiger partial charge in [0, 0.05) is 18.3 Å². The lowest BCUT2D eigenvalue weighted by Gasteiger charge is -2.00. The molecule has 0 atom stereocenters. The maximum Gasteiger partial charge on any atom is 0.217 e. The van der Waals surface area contributed by atoms with E-state index in [4.69, 9.17) is 5.73 Å². The first-order valence-corrected chi connectivity index (χ1v) is 3.61. The molecule has 68 valence electrons. The molecule has 0 aliphatic carbocycles. The molecule has 0 saturated heterocycles. The van der Waals surface area contributed by atoms with E-state index in [1.54, 1.807) is 6.07 Å². The van der Waals surface area contributed by atoms with Crippen LogP contribution in [0.5, 0.6) is 0 Å². The van der Waals surface area contributed by atoms with Gasteiger partial charge in [-0.15, -0.1) is 12.4 Å². The Morgan fingerprint density at radius 1 is 1.58 bits per heavy atom. The molecule has 0 spiro atoms. The van der Waals surface area contributed by atoms with Crippen LogP contribution in [-0.4, -0.2) is 4.98 Å². The second-order valence-corrected chi connectivity index (χ2v) is 2.35. The molecule has 0 aliphatic heterocycles. The van der Waals surface area contributed by atoms with Crippen molar-refractivity contribution in [2.75, 3.05) is 0 Å². The van der Waals surface area contributed by atoms with Gasteiger partial charge in [-0.05, 0) is 18.1 Å². The van der Waals surface area contributed by atoms with Gasteiger partial charge in [0.1, 0.15) is 0 Å². The maximum absolute atomic E-state index is 12.7. The third-order valence-electron chi connectivity index (χ3n) is 1.60. The molecule has 0 bridgehead atoms. The van der Waals surface area contributed by atoms with Crippen molar-refractivity contribution < 1.29 is 4.39 Å². The van der Waals surface area contributed by atoms with Crippen LogP contribution in [-0.2, 0) is 13.0 Å². The summed E-state index contributed by atoms with van der Waals surface area (Å²) in [7, 11) is 0. The first kappa shape index (κ1) is 11.3. The van der Waals surface area contributed by atoms with Gasteiger partial charge in [-0.2, -0.15) is 4.39 Å². The van der Waals surface area contributed by atoms with Gasteiger partial charge in [-0.25, -0.2) is 4.98 Å². The van der Waals surface area contributed by atoms with Crippen molar-refractivity contribution in [3.63, 3.8) is 0 Å². The largest absolute Gasteiger partial charge is 0.326 e. The molecule has 1 aromatic heterocycles. The van der Waals surface area contributed by atoms with E-state index in [9.17, 15) is 4.39 Å². The molecule has 4 heteroatoms. The average molecular weight is 191 g/mol. The maximum atomic E-state index is 12.7. The number of rotatable bonds is 2. The zero-order valence-corrected chi connectivity index (χ0v) is 7.70. The van der Waals surface area contributed by atoms with Crippen molar-refractivity contribution in [2.24, 2.45) is 5.73 Å². The summed E-state index contributed by atoms with van der Waals surface area (Å²) >= 11 is 0. The average Bonchev–Trinajstić information content (AvgIpc) is 2.05. The van der Waals surface area contributed by atoms with Crippen molar-refractivity contribution >= 4 is 12.4 Å². The standard InChI is InChI=1S/C8H11FN2.ClH/c1-2-6-3-7(4-10)8(9)11-5-6;/h3,5H,2,4,10H2,1H3;1H. The number of halogens is 2. The Bertz CT molecular complexity index is 253. The van der Waals surface area contributed by atoms with Gasteiger partial charge in [0.2, 0.25) is 5.95 Å². The molecule has 1 rings (SSSR count). The van der Waals surface area contributed by atoms with Gasteiger partial charge in [0.25, 0.3) is 0 Å². The van der Waals surface area contributed by atoms with Crippen LogP contribution in [0.4, 0.5) is 4.39 Å². The minimum atomic E-state index is -0.454. The van der Waals surface area contributed by atoms with Gasteiger partial charge in [0.15, 0.2) is 0 Å². The van der Waals surface area contributed by atoms with E-state index in [1.807, 2.05) is 6.92 Å². The van der Waals surface area contributed by atoms with E-state index >= 15 is 0 Å². The van der Waals surface area contributed by atoms with Crippen molar-refractivity contribution in [1.29, 1.82) is 0 Å². The van der Waals surface area contributed by atoms with E-state index in [0.29, 0.717) is 5.56 Å². The lowest BCUT2D eigenvalue weighted by atomic mass is 10.1. The highest BCUT2D eigenvalue weighted by molar-refractivity contribution is 5.85. The first-order valence-electron chi connectivity index (χ1n) is 3.61. The van der Waals surface area contributed by atoms with Crippen LogP contribution in [0.3, 0.4) is 0 Å². The molecular formula is C8H12ClFN2. The van der Waals surface area contributed by atoms with Crippen molar-refractivity contribution in [3.05, 3.63) is 29.3 Å². The van der Waals surface area contributed by atoms with E-state index < -0.39 is 5.95 Å². The van der Waals surface area contributed by atoms with Crippen LogP contribution in [0.15, 0.2) is 12.3 Å². The van der Waals surface area contributed by atoms with E-state index in [2.05, 4.69) is 4.98 Å². The number of aryl methyl sites for hydroxylation is 1. The molecule has 0 radical (unpaired) electrons. The molecule has 0 aliphatic rings. The number of pyridine rings is 1. The Balaban J connectivity index is 0.00000121. The lowest BCUT2D eigenvalue weighted by Crippen LogP contribution is -2.02. The highest BCUT2D eigenvalue weighted by Gasteiger charge is 2.01. The molecule has 2 N–H and O–H groups in total. The van der Waals surface area contributed by atoms with Gasteiger partial charge < -0.3 is 5.73 Å². The summed E-state index contributed by atoms with van der Waals surface area (Å²) in [4.78, 5) is 3.57. The molecule has 2 nitrogen and oxygen atoms in total. The minimum absolute atomic E-state index is 0. The number of hydrogen-bond acceptors (Lipinski definition) is 2. The summed E-state index contributed by atoms with van der Waals surface area (Å²) in [5.74, 6) is -0.454. The summed E-state index contributed by atoms with van der Waals surface area (Å²) in [6.45, 7) is 2.21. The quantitative estimate of drug-likeness (QED) is 0.721. The zero-order chi connectivity index (χ0) is 8.27. The fraction of sp³-hybridized carbons (Fsp3) is 0.375. The van der Waals surface area contributed by atoms with E-state index in [-0.39, 0.29) is 19.0 Å². The van der Waals surface area contributed by atoms with Crippen LogP contribution in [0.25, 0.3) is 0 Å². The third kappa shape index (κ3) is 2.43. The number of nitrogens with zero attached hydrogens (tertiary/aromatic N) is 1. The normalized spacial score (nSPS) is 9.25. The predicted octanol–water partition coefficient (Wildman–Crippen LogP) is 1.66. The summed E-state index contributed by atoms with van der Waals surface area (Å²) in [5.41, 5.74) is 6.80. The first-order chi connectivity index (χ1) is 5.27. The Morgan fingerprint density at radius 3 is 2.75 bits per heavy atom. The molecule has 0 saturated carbocycles. The summed E-state index contributed by atoms with van der Waals surface area (Å²) in [6, 6.07) is 1.75. The predicted molar refractivity (Wildman–Crippen MR) is 48.7 cm³/mol. The second kappa shape index (κ2) is 5.06. The molecule has 0 fully saturated rings. The molecule has 0 aromatic carbocycles. The fourth-order valence-electron chi connectivity index (χ4n) is 0.880. The molecular weight excluding hydrogens is 179 g/mol. The summed E-state index contributed by atoms with van der Waals surface area (Å²) in [6.07, 6.45) is 2.40. The molecule has 1 heterocycles. The van der Waals surface area contributed by atoms with Crippen LogP contribution in [0.1, 0.15) is 18.1 Å². The SMILES string of the molecule is CCc1cnc(F)c(CN)c1.Cl. The van der Waals surface area contributed by atoms with Gasteiger partial charge in [-0.3, -0.25) is 0 Å². The van der Waals surface area contributed by atoms with Crippen LogP contribution < -0.4 is 5.73 Å². The Hall–Kier alpha value is -0.670. The van der Waals surface area contributed by atoms with E-state index in [0.717, 1.165) is 12.0 Å².